The van der Waals surface area contributed by atoms with Gasteiger partial charge in [-0.2, -0.15) is 0 Å². The smallest absolute Gasteiger partial charge is 0.239 e. The number of piperazine rings is 1. The van der Waals surface area contributed by atoms with Crippen molar-refractivity contribution in [3.63, 3.8) is 0 Å². The molecule has 176 valence electrons. The molecule has 0 bridgehead atoms. The summed E-state index contributed by atoms with van der Waals surface area (Å²) in [6, 6.07) is 17.0. The summed E-state index contributed by atoms with van der Waals surface area (Å²) >= 11 is 0. The zero-order valence-electron chi connectivity index (χ0n) is 19.6. The van der Waals surface area contributed by atoms with Crippen LogP contribution < -0.4 is 9.47 Å². The van der Waals surface area contributed by atoms with Crippen molar-refractivity contribution < 1.29 is 14.3 Å². The van der Waals surface area contributed by atoms with Gasteiger partial charge in [0, 0.05) is 45.2 Å². The normalized spacial score (nSPS) is 22.7. The van der Waals surface area contributed by atoms with Crippen LogP contribution in [0.4, 0.5) is 0 Å². The van der Waals surface area contributed by atoms with Crippen molar-refractivity contribution >= 4 is 5.91 Å². The molecule has 0 radical (unpaired) electrons. The minimum absolute atomic E-state index is 0.117. The summed E-state index contributed by atoms with van der Waals surface area (Å²) < 4.78 is 11.7. The lowest BCUT2D eigenvalue weighted by Crippen LogP contribution is -2.53. The highest BCUT2D eigenvalue weighted by Gasteiger charge is 2.36. The van der Waals surface area contributed by atoms with E-state index in [4.69, 9.17) is 9.47 Å². The van der Waals surface area contributed by atoms with Crippen molar-refractivity contribution in [3.05, 3.63) is 59.7 Å². The van der Waals surface area contributed by atoms with Gasteiger partial charge in [-0.3, -0.25) is 14.6 Å². The van der Waals surface area contributed by atoms with E-state index in [0.717, 1.165) is 70.0 Å². The van der Waals surface area contributed by atoms with E-state index in [1.165, 1.54) is 11.1 Å². The first-order valence-corrected chi connectivity index (χ1v) is 12.4. The molecule has 3 aliphatic heterocycles. The van der Waals surface area contributed by atoms with Gasteiger partial charge in [0.25, 0.3) is 0 Å². The molecule has 2 aromatic carbocycles. The molecule has 0 unspecified atom stereocenters. The van der Waals surface area contributed by atoms with Crippen molar-refractivity contribution in [2.45, 2.75) is 44.8 Å². The van der Waals surface area contributed by atoms with Gasteiger partial charge in [-0.15, -0.1) is 0 Å². The van der Waals surface area contributed by atoms with Crippen LogP contribution in [0.3, 0.4) is 0 Å². The molecule has 3 aliphatic rings. The van der Waals surface area contributed by atoms with Gasteiger partial charge in [0.1, 0.15) is 0 Å². The van der Waals surface area contributed by atoms with E-state index in [0.29, 0.717) is 13.2 Å². The number of carbonyl (C=O) groups is 1. The third-order valence-corrected chi connectivity index (χ3v) is 7.24. The average molecular weight is 450 g/mol. The van der Waals surface area contributed by atoms with Crippen LogP contribution in [0.1, 0.15) is 43.4 Å². The molecule has 0 spiro atoms. The standard InChI is InChI=1S/C27H35N3O3/c1-21(27(31)29-15-13-28(14-16-29)20-22-7-3-2-4-8-22)30-12-5-9-24(30)23-10-11-25-26(19-23)33-18-6-17-32-25/h2-4,7-8,10-11,19,21,24H,5-6,9,12-18,20H2,1H3/t21-,24+/m1/s1. The van der Waals surface area contributed by atoms with Crippen LogP contribution in [-0.4, -0.2) is 72.6 Å². The van der Waals surface area contributed by atoms with E-state index < -0.39 is 0 Å². The number of benzene rings is 2. The van der Waals surface area contributed by atoms with Crippen molar-refractivity contribution in [3.8, 4) is 11.5 Å². The highest BCUT2D eigenvalue weighted by atomic mass is 16.5. The van der Waals surface area contributed by atoms with Crippen LogP contribution >= 0.6 is 0 Å². The Bertz CT molecular complexity index is 943. The summed E-state index contributed by atoms with van der Waals surface area (Å²) in [7, 11) is 0. The fourth-order valence-electron chi connectivity index (χ4n) is 5.37. The molecule has 5 rings (SSSR count). The largest absolute Gasteiger partial charge is 0.490 e. The lowest BCUT2D eigenvalue weighted by molar-refractivity contribution is -0.138. The lowest BCUT2D eigenvalue weighted by atomic mass is 10.0. The molecule has 0 aliphatic carbocycles. The summed E-state index contributed by atoms with van der Waals surface area (Å²) in [5.41, 5.74) is 2.56. The number of rotatable bonds is 5. The number of likely N-dealkylation sites (tertiary alicyclic amines) is 1. The molecule has 2 fully saturated rings. The zero-order valence-corrected chi connectivity index (χ0v) is 19.6. The molecule has 33 heavy (non-hydrogen) atoms. The Kier molecular flexibility index (Phi) is 6.83. The van der Waals surface area contributed by atoms with Gasteiger partial charge in [-0.1, -0.05) is 36.4 Å². The summed E-state index contributed by atoms with van der Waals surface area (Å²) in [6.07, 6.45) is 3.09. The van der Waals surface area contributed by atoms with Crippen LogP contribution in [0.25, 0.3) is 0 Å². The number of ether oxygens (including phenoxy) is 2. The number of fused-ring (bicyclic) bond motifs is 1. The lowest BCUT2D eigenvalue weighted by Gasteiger charge is -2.38. The maximum atomic E-state index is 13.4. The fourth-order valence-corrected chi connectivity index (χ4v) is 5.37. The van der Waals surface area contributed by atoms with Gasteiger partial charge in [0.15, 0.2) is 11.5 Å². The van der Waals surface area contributed by atoms with Crippen molar-refractivity contribution in [2.24, 2.45) is 0 Å². The number of nitrogens with zero attached hydrogens (tertiary/aromatic N) is 3. The Hall–Kier alpha value is -2.57. The Balaban J connectivity index is 1.20. The second-order valence-corrected chi connectivity index (χ2v) is 9.42. The first-order chi connectivity index (χ1) is 16.2. The number of amides is 1. The molecule has 0 N–H and O–H groups in total. The molecule has 2 saturated heterocycles. The van der Waals surface area contributed by atoms with E-state index in [2.05, 4.69) is 64.1 Å². The average Bonchev–Trinajstić information content (AvgIpc) is 3.23. The van der Waals surface area contributed by atoms with Gasteiger partial charge in [0.05, 0.1) is 19.3 Å². The van der Waals surface area contributed by atoms with Crippen LogP contribution in [-0.2, 0) is 11.3 Å². The summed E-state index contributed by atoms with van der Waals surface area (Å²) in [6.45, 7) is 8.85. The molecule has 2 atom stereocenters. The van der Waals surface area contributed by atoms with Crippen LogP contribution in [0.5, 0.6) is 11.5 Å². The Morgan fingerprint density at radius 3 is 2.48 bits per heavy atom. The summed E-state index contributed by atoms with van der Waals surface area (Å²) in [5.74, 6) is 1.93. The first kappa shape index (κ1) is 22.2. The van der Waals surface area contributed by atoms with Gasteiger partial charge in [-0.25, -0.2) is 0 Å². The minimum atomic E-state index is -0.117. The predicted molar refractivity (Wildman–Crippen MR) is 128 cm³/mol. The van der Waals surface area contributed by atoms with Gasteiger partial charge in [-0.05, 0) is 49.6 Å². The zero-order chi connectivity index (χ0) is 22.6. The monoisotopic (exact) mass is 449 g/mol. The van der Waals surface area contributed by atoms with E-state index in [9.17, 15) is 4.79 Å². The molecular formula is C27H35N3O3. The molecule has 1 amide bonds. The Labute approximate surface area is 197 Å². The molecule has 6 heteroatoms. The quantitative estimate of drug-likeness (QED) is 0.696. The maximum absolute atomic E-state index is 13.4. The highest BCUT2D eigenvalue weighted by Crippen LogP contribution is 2.39. The SMILES string of the molecule is C[C@H](C(=O)N1CCN(Cc2ccccc2)CC1)N1CCC[C@H]1c1ccc2c(c1)OCCCO2. The third kappa shape index (κ3) is 5.02. The van der Waals surface area contributed by atoms with E-state index in [1.807, 2.05) is 6.07 Å². The summed E-state index contributed by atoms with van der Waals surface area (Å²) in [5, 5.41) is 0. The maximum Gasteiger partial charge on any atom is 0.239 e. The van der Waals surface area contributed by atoms with Gasteiger partial charge < -0.3 is 14.4 Å². The topological polar surface area (TPSA) is 45.3 Å². The fraction of sp³-hybridized carbons (Fsp3) is 0.519. The second kappa shape index (κ2) is 10.1. The molecule has 6 nitrogen and oxygen atoms in total. The Morgan fingerprint density at radius 2 is 1.70 bits per heavy atom. The van der Waals surface area contributed by atoms with Crippen molar-refractivity contribution in [1.82, 2.24) is 14.7 Å². The molecule has 0 saturated carbocycles. The van der Waals surface area contributed by atoms with Crippen molar-refractivity contribution in [2.75, 3.05) is 45.9 Å². The van der Waals surface area contributed by atoms with E-state index in [-0.39, 0.29) is 18.0 Å². The molecule has 2 aromatic rings. The third-order valence-electron chi connectivity index (χ3n) is 7.24. The number of hydrogen-bond donors (Lipinski definition) is 0. The number of carbonyl (C=O) groups excluding carboxylic acids is 1. The Morgan fingerprint density at radius 1 is 0.939 bits per heavy atom. The van der Waals surface area contributed by atoms with Crippen LogP contribution in [0, 0.1) is 0 Å². The van der Waals surface area contributed by atoms with Gasteiger partial charge in [0.2, 0.25) is 5.91 Å². The highest BCUT2D eigenvalue weighted by molar-refractivity contribution is 5.81. The molecular weight excluding hydrogens is 414 g/mol. The number of hydrogen-bond acceptors (Lipinski definition) is 5. The molecule has 0 aromatic heterocycles. The van der Waals surface area contributed by atoms with E-state index >= 15 is 0 Å². The van der Waals surface area contributed by atoms with Crippen LogP contribution in [0.15, 0.2) is 48.5 Å². The second-order valence-electron chi connectivity index (χ2n) is 9.42. The molecule has 3 heterocycles. The predicted octanol–water partition coefficient (Wildman–Crippen LogP) is 3.72. The van der Waals surface area contributed by atoms with Crippen molar-refractivity contribution in [1.29, 1.82) is 0 Å². The summed E-state index contributed by atoms with van der Waals surface area (Å²) in [4.78, 5) is 20.3. The minimum Gasteiger partial charge on any atom is -0.490 e. The van der Waals surface area contributed by atoms with Crippen LogP contribution in [0.2, 0.25) is 0 Å². The van der Waals surface area contributed by atoms with Gasteiger partial charge >= 0.3 is 0 Å². The first-order valence-electron chi connectivity index (χ1n) is 12.4. The van der Waals surface area contributed by atoms with E-state index in [1.54, 1.807) is 0 Å².